The zero-order valence-corrected chi connectivity index (χ0v) is 7.28. The van der Waals surface area contributed by atoms with E-state index in [1.807, 2.05) is 11.6 Å². The molecule has 1 aliphatic rings. The van der Waals surface area contributed by atoms with Gasteiger partial charge in [0.05, 0.1) is 5.41 Å². The van der Waals surface area contributed by atoms with E-state index >= 15 is 0 Å². The molecule has 1 aromatic rings. The molecule has 11 heavy (non-hydrogen) atoms. The second kappa shape index (κ2) is 3.19. The zero-order valence-electron chi connectivity index (χ0n) is 5.65. The van der Waals surface area contributed by atoms with Gasteiger partial charge in [-0.15, -0.1) is 23.1 Å². The van der Waals surface area contributed by atoms with Gasteiger partial charge in [0, 0.05) is 23.5 Å². The predicted molar refractivity (Wildman–Crippen MR) is 49.7 cm³/mol. The molecule has 0 saturated heterocycles. The number of aliphatic imine (C=N–C) groups is 1. The summed E-state index contributed by atoms with van der Waals surface area (Å²) in [7, 11) is 0. The maximum Gasteiger partial charge on any atom is 0.142 e. The smallest absolute Gasteiger partial charge is 0.142 e. The average Bonchev–Trinajstić information content (AvgIpc) is 2.58. The Bertz CT molecular complexity index is 287. The fraction of sp³-hybridized carbons (Fsp3) is 0.143. The van der Waals surface area contributed by atoms with Crippen LogP contribution >= 0.6 is 23.1 Å². The molecule has 0 unspecified atom stereocenters. The van der Waals surface area contributed by atoms with Gasteiger partial charge >= 0.3 is 0 Å². The van der Waals surface area contributed by atoms with E-state index in [2.05, 4.69) is 15.4 Å². The molecule has 0 amide bonds. The summed E-state index contributed by atoms with van der Waals surface area (Å²) in [4.78, 5) is 8.31. The number of thioether (sulfide) groups is 1. The first-order valence-electron chi connectivity index (χ1n) is 3.14. The second-order valence-electron chi connectivity index (χ2n) is 1.91. The number of nitrogens with zero attached hydrogens (tertiary/aromatic N) is 2. The first kappa shape index (κ1) is 7.06. The lowest BCUT2D eigenvalue weighted by molar-refractivity contribution is 1.35. The SMILES string of the molecule is [C]1=C(c2nccs2)N=CCS1. The zero-order chi connectivity index (χ0) is 7.52. The Morgan fingerprint density at radius 2 is 2.55 bits per heavy atom. The van der Waals surface area contributed by atoms with Crippen LogP contribution in [0, 0.1) is 5.41 Å². The van der Waals surface area contributed by atoms with E-state index < -0.39 is 0 Å². The van der Waals surface area contributed by atoms with Gasteiger partial charge in [0.2, 0.25) is 0 Å². The summed E-state index contributed by atoms with van der Waals surface area (Å²) in [5.74, 6) is 0.925. The van der Waals surface area contributed by atoms with Crippen molar-refractivity contribution in [2.24, 2.45) is 4.99 Å². The van der Waals surface area contributed by atoms with Crippen LogP contribution in [0.3, 0.4) is 0 Å². The van der Waals surface area contributed by atoms with Crippen LogP contribution in [-0.4, -0.2) is 17.0 Å². The van der Waals surface area contributed by atoms with Crippen molar-refractivity contribution < 1.29 is 0 Å². The minimum Gasteiger partial charge on any atom is -0.256 e. The highest BCUT2D eigenvalue weighted by Crippen LogP contribution is 2.22. The number of rotatable bonds is 1. The number of hydrogen-bond acceptors (Lipinski definition) is 4. The Morgan fingerprint density at radius 1 is 1.55 bits per heavy atom. The molecule has 0 fully saturated rings. The summed E-state index contributed by atoms with van der Waals surface area (Å²) >= 11 is 3.22. The van der Waals surface area contributed by atoms with E-state index in [1.165, 1.54) is 0 Å². The molecule has 2 nitrogen and oxygen atoms in total. The Hall–Kier alpha value is -0.610. The molecule has 2 heterocycles. The van der Waals surface area contributed by atoms with Gasteiger partial charge in [-0.3, -0.25) is 4.99 Å². The van der Waals surface area contributed by atoms with Gasteiger partial charge < -0.3 is 0 Å². The van der Waals surface area contributed by atoms with Crippen molar-refractivity contribution in [3.8, 4) is 0 Å². The summed E-state index contributed by atoms with van der Waals surface area (Å²) < 4.78 is 0. The molecule has 0 N–H and O–H groups in total. The highest BCUT2D eigenvalue weighted by atomic mass is 32.2. The van der Waals surface area contributed by atoms with Crippen LogP contribution in [0.4, 0.5) is 0 Å². The number of aromatic nitrogens is 1. The topological polar surface area (TPSA) is 25.2 Å². The lowest BCUT2D eigenvalue weighted by Crippen LogP contribution is -1.88. The summed E-state index contributed by atoms with van der Waals surface area (Å²) in [5, 5.41) is 6.00. The van der Waals surface area contributed by atoms with Crippen molar-refractivity contribution in [3.05, 3.63) is 22.0 Å². The summed E-state index contributed by atoms with van der Waals surface area (Å²) in [5.41, 5.74) is 0.872. The van der Waals surface area contributed by atoms with Crippen molar-refractivity contribution in [1.82, 2.24) is 4.98 Å². The fourth-order valence-corrected chi connectivity index (χ4v) is 1.91. The van der Waals surface area contributed by atoms with Crippen LogP contribution in [0.25, 0.3) is 5.70 Å². The van der Waals surface area contributed by atoms with Gasteiger partial charge in [-0.1, -0.05) is 0 Å². The van der Waals surface area contributed by atoms with Gasteiger partial charge in [0.25, 0.3) is 0 Å². The first-order valence-corrected chi connectivity index (χ1v) is 5.00. The maximum atomic E-state index is 4.18. The monoisotopic (exact) mass is 181 g/mol. The third kappa shape index (κ3) is 1.52. The van der Waals surface area contributed by atoms with Crippen molar-refractivity contribution in [1.29, 1.82) is 0 Å². The Balaban J connectivity index is 2.29. The summed E-state index contributed by atoms with van der Waals surface area (Å²) in [6.07, 6.45) is 3.67. The van der Waals surface area contributed by atoms with E-state index in [0.717, 1.165) is 16.5 Å². The summed E-state index contributed by atoms with van der Waals surface area (Å²) in [6, 6.07) is 0. The van der Waals surface area contributed by atoms with Gasteiger partial charge in [-0.2, -0.15) is 0 Å². The number of hydrogen-bond donors (Lipinski definition) is 0. The van der Waals surface area contributed by atoms with Crippen molar-refractivity contribution in [2.75, 3.05) is 5.75 Å². The quantitative estimate of drug-likeness (QED) is 0.662. The van der Waals surface area contributed by atoms with Crippen molar-refractivity contribution in [2.45, 2.75) is 0 Å². The molecule has 0 aliphatic carbocycles. The molecular formula is C7H5N2S2. The predicted octanol–water partition coefficient (Wildman–Crippen LogP) is 2.06. The van der Waals surface area contributed by atoms with Crippen LogP contribution in [0.5, 0.6) is 0 Å². The maximum absolute atomic E-state index is 4.18. The van der Waals surface area contributed by atoms with Crippen LogP contribution in [0.15, 0.2) is 16.6 Å². The minimum absolute atomic E-state index is 0.872. The molecular weight excluding hydrogens is 176 g/mol. The molecule has 0 bridgehead atoms. The van der Waals surface area contributed by atoms with E-state index in [4.69, 9.17) is 0 Å². The molecule has 1 radical (unpaired) electrons. The largest absolute Gasteiger partial charge is 0.256 e. The van der Waals surface area contributed by atoms with Crippen LogP contribution in [0.2, 0.25) is 0 Å². The molecule has 1 aromatic heterocycles. The second-order valence-corrected chi connectivity index (χ2v) is 3.63. The summed E-state index contributed by atoms with van der Waals surface area (Å²) in [6.45, 7) is 0. The minimum atomic E-state index is 0.872. The van der Waals surface area contributed by atoms with E-state index in [0.29, 0.717) is 0 Å². The highest BCUT2D eigenvalue weighted by Gasteiger charge is 2.04. The fourth-order valence-electron chi connectivity index (χ4n) is 0.741. The average molecular weight is 181 g/mol. The number of thiazole rings is 1. The van der Waals surface area contributed by atoms with Gasteiger partial charge in [-0.05, 0) is 0 Å². The standard InChI is InChI=1S/C7H5N2S2/c1-3-10-5-6(8-1)7-9-2-4-11-7/h1-2,4H,3H2. The molecule has 4 heteroatoms. The molecule has 0 saturated carbocycles. The lowest BCUT2D eigenvalue weighted by Gasteiger charge is -1.99. The van der Waals surface area contributed by atoms with Gasteiger partial charge in [-0.25, -0.2) is 4.98 Å². The van der Waals surface area contributed by atoms with Crippen molar-refractivity contribution >= 4 is 35.0 Å². The lowest BCUT2D eigenvalue weighted by atomic mass is 10.5. The molecule has 2 rings (SSSR count). The van der Waals surface area contributed by atoms with Crippen LogP contribution < -0.4 is 0 Å². The Labute approximate surface area is 73.1 Å². The third-order valence-electron chi connectivity index (χ3n) is 1.18. The van der Waals surface area contributed by atoms with E-state index in [-0.39, 0.29) is 0 Å². The van der Waals surface area contributed by atoms with Crippen molar-refractivity contribution in [3.63, 3.8) is 0 Å². The van der Waals surface area contributed by atoms with Gasteiger partial charge in [0.1, 0.15) is 10.7 Å². The van der Waals surface area contributed by atoms with Crippen LogP contribution in [-0.2, 0) is 0 Å². The Kier molecular flexibility index (Phi) is 2.05. The van der Waals surface area contributed by atoms with Crippen LogP contribution in [0.1, 0.15) is 5.01 Å². The molecule has 55 valence electrons. The molecule has 0 aromatic carbocycles. The first-order chi connectivity index (χ1) is 5.47. The van der Waals surface area contributed by atoms with E-state index in [1.54, 1.807) is 29.3 Å². The van der Waals surface area contributed by atoms with E-state index in [9.17, 15) is 0 Å². The van der Waals surface area contributed by atoms with Gasteiger partial charge in [0.15, 0.2) is 0 Å². The molecule has 0 spiro atoms. The molecule has 0 atom stereocenters. The highest BCUT2D eigenvalue weighted by molar-refractivity contribution is 8.01. The third-order valence-corrected chi connectivity index (χ3v) is 2.62. The Morgan fingerprint density at radius 3 is 3.18 bits per heavy atom. The molecule has 1 aliphatic heterocycles. The normalized spacial score (nSPS) is 16.5.